The van der Waals surface area contributed by atoms with Crippen molar-refractivity contribution < 1.29 is 14.0 Å². The van der Waals surface area contributed by atoms with Crippen LogP contribution in [0.4, 0.5) is 5.69 Å². The molecule has 1 aromatic carbocycles. The van der Waals surface area contributed by atoms with Crippen LogP contribution in [0.5, 0.6) is 0 Å². The van der Waals surface area contributed by atoms with Gasteiger partial charge in [-0.3, -0.25) is 9.59 Å². The number of benzene rings is 1. The summed E-state index contributed by atoms with van der Waals surface area (Å²) in [5.74, 6) is 0.711. The number of carbonyl (C=O) groups excluding carboxylic acids is 2. The van der Waals surface area contributed by atoms with Gasteiger partial charge in [0.15, 0.2) is 5.65 Å². The van der Waals surface area contributed by atoms with E-state index < -0.39 is 5.91 Å². The lowest BCUT2D eigenvalue weighted by Crippen LogP contribution is -2.33. The van der Waals surface area contributed by atoms with Gasteiger partial charge in [-0.1, -0.05) is 0 Å². The summed E-state index contributed by atoms with van der Waals surface area (Å²) in [6.07, 6.45) is 4.67. The number of nitrogens with one attached hydrogen (secondary N) is 2. The van der Waals surface area contributed by atoms with Crippen LogP contribution in [0.2, 0.25) is 0 Å². The SMILES string of the molecule is Cc1cc(-c2cc(C(=O)NCC(=O)Nc3ccc(-n4cncn4)cc3)c3cnn(C(C)C)c3n2)c(C)o1. The number of pyridine rings is 1. The molecule has 0 saturated carbocycles. The van der Waals surface area contributed by atoms with Crippen LogP contribution in [0.15, 0.2) is 59.7 Å². The predicted octanol–water partition coefficient (Wildman–Crippen LogP) is 3.84. The molecule has 0 bridgehead atoms. The number of fused-ring (bicyclic) bond motifs is 1. The normalized spacial score (nSPS) is 11.3. The number of aryl methyl sites for hydroxylation is 2. The van der Waals surface area contributed by atoms with Gasteiger partial charge in [-0.05, 0) is 64.1 Å². The molecule has 4 heterocycles. The van der Waals surface area contributed by atoms with Crippen molar-refractivity contribution in [3.63, 3.8) is 0 Å². The van der Waals surface area contributed by atoms with E-state index in [1.807, 2.05) is 45.9 Å². The Bertz CT molecular complexity index is 1580. The summed E-state index contributed by atoms with van der Waals surface area (Å²) in [5.41, 5.74) is 3.79. The van der Waals surface area contributed by atoms with Gasteiger partial charge in [-0.25, -0.2) is 19.3 Å². The first-order chi connectivity index (χ1) is 17.8. The summed E-state index contributed by atoms with van der Waals surface area (Å²) in [5, 5.41) is 14.6. The second kappa shape index (κ2) is 9.69. The number of aromatic nitrogens is 6. The average Bonchev–Trinajstić information content (AvgIpc) is 3.62. The molecule has 2 amide bonds. The molecule has 0 saturated heterocycles. The Balaban J connectivity index is 1.35. The van der Waals surface area contributed by atoms with E-state index in [4.69, 9.17) is 9.40 Å². The quantitative estimate of drug-likeness (QED) is 0.348. The summed E-state index contributed by atoms with van der Waals surface area (Å²) in [4.78, 5) is 34.5. The van der Waals surface area contributed by atoms with Crippen molar-refractivity contribution in [2.45, 2.75) is 33.7 Å². The zero-order valence-corrected chi connectivity index (χ0v) is 20.9. The van der Waals surface area contributed by atoms with Gasteiger partial charge in [0.25, 0.3) is 5.91 Å². The van der Waals surface area contributed by atoms with E-state index in [2.05, 4.69) is 25.8 Å². The zero-order chi connectivity index (χ0) is 26.1. The average molecular weight is 499 g/mol. The highest BCUT2D eigenvalue weighted by atomic mass is 16.3. The van der Waals surface area contributed by atoms with Crippen molar-refractivity contribution >= 4 is 28.5 Å². The van der Waals surface area contributed by atoms with Gasteiger partial charge in [0.2, 0.25) is 5.91 Å². The van der Waals surface area contributed by atoms with Crippen LogP contribution in [-0.2, 0) is 4.79 Å². The number of hydrogen-bond acceptors (Lipinski definition) is 7. The Morgan fingerprint density at radius 3 is 2.51 bits per heavy atom. The molecule has 0 fully saturated rings. The van der Waals surface area contributed by atoms with E-state index in [1.165, 1.54) is 6.33 Å². The first-order valence-corrected chi connectivity index (χ1v) is 11.8. The Kier molecular flexibility index (Phi) is 6.26. The molecule has 0 aliphatic carbocycles. The van der Waals surface area contributed by atoms with Crippen LogP contribution < -0.4 is 10.6 Å². The Morgan fingerprint density at radius 2 is 1.86 bits per heavy atom. The molecule has 2 N–H and O–H groups in total. The summed E-state index contributed by atoms with van der Waals surface area (Å²) >= 11 is 0. The fourth-order valence-corrected chi connectivity index (χ4v) is 4.11. The fourth-order valence-electron chi connectivity index (χ4n) is 4.11. The molecule has 4 aromatic heterocycles. The summed E-state index contributed by atoms with van der Waals surface area (Å²) in [6, 6.07) is 10.8. The molecule has 188 valence electrons. The van der Waals surface area contributed by atoms with E-state index in [1.54, 1.807) is 40.1 Å². The molecule has 0 atom stereocenters. The molecule has 0 aliphatic rings. The lowest BCUT2D eigenvalue weighted by molar-refractivity contribution is -0.115. The second-order valence-electron chi connectivity index (χ2n) is 8.92. The third-order valence-electron chi connectivity index (χ3n) is 5.86. The third-order valence-corrected chi connectivity index (χ3v) is 5.86. The highest BCUT2D eigenvalue weighted by Gasteiger charge is 2.20. The first-order valence-electron chi connectivity index (χ1n) is 11.8. The minimum Gasteiger partial charge on any atom is -0.466 e. The number of rotatable bonds is 7. The third kappa shape index (κ3) is 4.83. The predicted molar refractivity (Wildman–Crippen MR) is 137 cm³/mol. The highest BCUT2D eigenvalue weighted by Crippen LogP contribution is 2.30. The number of nitrogens with zero attached hydrogens (tertiary/aromatic N) is 6. The van der Waals surface area contributed by atoms with Crippen molar-refractivity contribution in [1.82, 2.24) is 34.8 Å². The van der Waals surface area contributed by atoms with E-state index in [0.29, 0.717) is 33.7 Å². The van der Waals surface area contributed by atoms with Crippen molar-refractivity contribution in [2.24, 2.45) is 0 Å². The van der Waals surface area contributed by atoms with Gasteiger partial charge in [-0.2, -0.15) is 10.2 Å². The topological polar surface area (TPSA) is 133 Å². The molecule has 37 heavy (non-hydrogen) atoms. The minimum atomic E-state index is -0.397. The van der Waals surface area contributed by atoms with Crippen molar-refractivity contribution in [1.29, 1.82) is 0 Å². The summed E-state index contributed by atoms with van der Waals surface area (Å²) in [7, 11) is 0. The Morgan fingerprint density at radius 1 is 1.08 bits per heavy atom. The number of hydrogen-bond donors (Lipinski definition) is 2. The Labute approximate surface area is 212 Å². The lowest BCUT2D eigenvalue weighted by atomic mass is 10.1. The fraction of sp³-hybridized carbons (Fsp3) is 0.231. The molecule has 11 nitrogen and oxygen atoms in total. The minimum absolute atomic E-state index is 0.0464. The van der Waals surface area contributed by atoms with Gasteiger partial charge in [0.05, 0.1) is 35.1 Å². The van der Waals surface area contributed by atoms with E-state index in [-0.39, 0.29) is 18.5 Å². The second-order valence-corrected chi connectivity index (χ2v) is 8.92. The van der Waals surface area contributed by atoms with Crippen LogP contribution in [0, 0.1) is 13.8 Å². The number of carbonyl (C=O) groups is 2. The van der Waals surface area contributed by atoms with Crippen LogP contribution in [0.25, 0.3) is 28.0 Å². The highest BCUT2D eigenvalue weighted by molar-refractivity contribution is 6.08. The maximum Gasteiger partial charge on any atom is 0.252 e. The molecular formula is C26H26N8O3. The van der Waals surface area contributed by atoms with Crippen molar-refractivity contribution in [3.8, 4) is 16.9 Å². The maximum absolute atomic E-state index is 13.2. The van der Waals surface area contributed by atoms with E-state index in [9.17, 15) is 9.59 Å². The van der Waals surface area contributed by atoms with E-state index in [0.717, 1.165) is 17.0 Å². The standard InChI is InChI=1S/C26H26N8O3/c1-15(2)34-25-22(11-29-34)21(10-23(32-25)20-9-16(3)37-17(20)4)26(36)28-12-24(35)31-18-5-7-19(8-6-18)33-14-27-13-30-33/h5-11,13-15H,12H2,1-4H3,(H,28,36)(H,31,35). The van der Waals surface area contributed by atoms with Crippen LogP contribution >= 0.6 is 0 Å². The van der Waals surface area contributed by atoms with Gasteiger partial charge in [-0.15, -0.1) is 0 Å². The molecular weight excluding hydrogens is 472 g/mol. The zero-order valence-electron chi connectivity index (χ0n) is 20.9. The molecule has 0 aliphatic heterocycles. The van der Waals surface area contributed by atoms with Crippen LogP contribution in [0.1, 0.15) is 41.8 Å². The van der Waals surface area contributed by atoms with Gasteiger partial charge in [0.1, 0.15) is 24.2 Å². The van der Waals surface area contributed by atoms with Crippen molar-refractivity contribution in [3.05, 3.63) is 72.3 Å². The molecule has 5 rings (SSSR count). The monoisotopic (exact) mass is 498 g/mol. The maximum atomic E-state index is 13.2. The molecule has 0 spiro atoms. The van der Waals surface area contributed by atoms with E-state index >= 15 is 0 Å². The Hall–Kier alpha value is -4.80. The lowest BCUT2D eigenvalue weighted by Gasteiger charge is -2.11. The van der Waals surface area contributed by atoms with Gasteiger partial charge < -0.3 is 15.1 Å². The number of amides is 2. The smallest absolute Gasteiger partial charge is 0.252 e. The van der Waals surface area contributed by atoms with Crippen LogP contribution in [0.3, 0.4) is 0 Å². The molecule has 5 aromatic rings. The molecule has 0 radical (unpaired) electrons. The summed E-state index contributed by atoms with van der Waals surface area (Å²) < 4.78 is 9.07. The molecule has 11 heteroatoms. The summed E-state index contributed by atoms with van der Waals surface area (Å²) in [6.45, 7) is 7.51. The first kappa shape index (κ1) is 23.9. The largest absolute Gasteiger partial charge is 0.466 e. The number of furan rings is 1. The van der Waals surface area contributed by atoms with Crippen molar-refractivity contribution in [2.75, 3.05) is 11.9 Å². The van der Waals surface area contributed by atoms with Crippen LogP contribution in [-0.4, -0.2) is 47.9 Å². The van der Waals surface area contributed by atoms with Gasteiger partial charge in [0, 0.05) is 17.3 Å². The van der Waals surface area contributed by atoms with Gasteiger partial charge >= 0.3 is 0 Å². The number of anilines is 1. The molecule has 0 unspecified atom stereocenters.